The van der Waals surface area contributed by atoms with E-state index in [2.05, 4.69) is 4.74 Å². The van der Waals surface area contributed by atoms with Gasteiger partial charge in [-0.2, -0.15) is 13.2 Å². The van der Waals surface area contributed by atoms with E-state index in [0.29, 0.717) is 12.1 Å². The largest absolute Gasteiger partial charge is 0.464 e. The summed E-state index contributed by atoms with van der Waals surface area (Å²) >= 11 is 5.63. The summed E-state index contributed by atoms with van der Waals surface area (Å²) in [4.78, 5) is 11.2. The molecule has 0 spiro atoms. The highest BCUT2D eigenvalue weighted by Gasteiger charge is 2.33. The van der Waals surface area contributed by atoms with Gasteiger partial charge >= 0.3 is 12.1 Å². The Morgan fingerprint density at radius 1 is 1.40 bits per heavy atom. The van der Waals surface area contributed by atoms with Gasteiger partial charge in [-0.15, -0.1) is 0 Å². The van der Waals surface area contributed by atoms with Gasteiger partial charge < -0.3 is 14.9 Å². The molecule has 1 rings (SSSR count). The van der Waals surface area contributed by atoms with E-state index in [4.69, 9.17) is 11.6 Å². The van der Waals surface area contributed by atoms with E-state index in [9.17, 15) is 28.2 Å². The summed E-state index contributed by atoms with van der Waals surface area (Å²) in [5, 5.41) is 18.9. The molecule has 0 radical (unpaired) electrons. The fourth-order valence-corrected chi connectivity index (χ4v) is 1.76. The average Bonchev–Trinajstić information content (AvgIpc) is 2.36. The maximum atomic E-state index is 12.4. The summed E-state index contributed by atoms with van der Waals surface area (Å²) in [5.74, 6) is -1.09. The van der Waals surface area contributed by atoms with E-state index in [0.717, 1.165) is 6.07 Å². The molecule has 0 fully saturated rings. The molecule has 0 aliphatic rings. The topological polar surface area (TPSA) is 66.8 Å². The molecule has 2 unspecified atom stereocenters. The molecule has 0 bridgehead atoms. The van der Waals surface area contributed by atoms with E-state index in [1.165, 1.54) is 6.92 Å². The third-order valence-electron chi connectivity index (χ3n) is 2.47. The van der Waals surface area contributed by atoms with Crippen LogP contribution in [0.2, 0.25) is 5.02 Å². The molecule has 0 aromatic heterocycles. The van der Waals surface area contributed by atoms with Crippen molar-refractivity contribution in [3.05, 3.63) is 34.3 Å². The Bertz CT molecular complexity index is 490. The fraction of sp³-hybridized carbons (Fsp3) is 0.417. The first-order valence-corrected chi connectivity index (χ1v) is 5.95. The summed E-state index contributed by atoms with van der Waals surface area (Å²) in [7, 11) is 0. The van der Waals surface area contributed by atoms with Gasteiger partial charge in [0.2, 0.25) is 0 Å². The minimum absolute atomic E-state index is 0.0106. The lowest BCUT2D eigenvalue weighted by Crippen LogP contribution is -2.30. The lowest BCUT2D eigenvalue weighted by atomic mass is 10.0. The smallest absolute Gasteiger partial charge is 0.416 e. The number of aliphatic hydroxyl groups excluding tert-OH is 2. The van der Waals surface area contributed by atoms with Crippen LogP contribution in [-0.4, -0.2) is 28.9 Å². The number of ether oxygens (including phenoxy) is 1. The van der Waals surface area contributed by atoms with Crippen molar-refractivity contribution in [1.82, 2.24) is 0 Å². The van der Waals surface area contributed by atoms with Gasteiger partial charge in [-0.05, 0) is 19.1 Å². The lowest BCUT2D eigenvalue weighted by molar-refractivity contribution is -0.159. The third-order valence-corrected chi connectivity index (χ3v) is 2.80. The number of aliphatic hydroxyl groups is 2. The second-order valence-electron chi connectivity index (χ2n) is 3.88. The summed E-state index contributed by atoms with van der Waals surface area (Å²) < 4.78 is 41.8. The molecule has 0 aliphatic heterocycles. The Kier molecular flexibility index (Phi) is 5.38. The highest BCUT2D eigenvalue weighted by molar-refractivity contribution is 6.31. The van der Waals surface area contributed by atoms with Gasteiger partial charge in [0.1, 0.15) is 6.10 Å². The quantitative estimate of drug-likeness (QED) is 0.837. The Hall–Kier alpha value is -1.31. The lowest BCUT2D eigenvalue weighted by Gasteiger charge is -2.18. The number of halogens is 4. The number of rotatable bonds is 4. The molecule has 0 saturated heterocycles. The number of carbonyl (C=O) groups excluding carboxylic acids is 1. The molecule has 0 saturated carbocycles. The molecular weight excluding hydrogens is 301 g/mol. The SMILES string of the molecule is CCOC(=O)C(O)C(O)c1ccc(C(F)(F)F)cc1Cl. The number of hydrogen-bond donors (Lipinski definition) is 2. The van der Waals surface area contributed by atoms with Crippen LogP contribution >= 0.6 is 11.6 Å². The molecule has 2 atom stereocenters. The molecule has 112 valence electrons. The minimum Gasteiger partial charge on any atom is -0.464 e. The zero-order valence-corrected chi connectivity index (χ0v) is 11.1. The number of hydrogen-bond acceptors (Lipinski definition) is 4. The van der Waals surface area contributed by atoms with Gasteiger partial charge in [0.05, 0.1) is 12.2 Å². The van der Waals surface area contributed by atoms with Crippen molar-refractivity contribution in [1.29, 1.82) is 0 Å². The molecule has 4 nitrogen and oxygen atoms in total. The molecule has 0 heterocycles. The number of carbonyl (C=O) groups is 1. The van der Waals surface area contributed by atoms with E-state index >= 15 is 0 Å². The minimum atomic E-state index is -4.58. The predicted octanol–water partition coefficient (Wildman–Crippen LogP) is 2.32. The molecule has 0 amide bonds. The van der Waals surface area contributed by atoms with Crippen LogP contribution in [0, 0.1) is 0 Å². The van der Waals surface area contributed by atoms with Gasteiger partial charge in [0.25, 0.3) is 0 Å². The van der Waals surface area contributed by atoms with Crippen molar-refractivity contribution < 1.29 is 32.9 Å². The van der Waals surface area contributed by atoms with Crippen molar-refractivity contribution in [2.24, 2.45) is 0 Å². The molecular formula is C12H12ClF3O4. The van der Waals surface area contributed by atoms with Crippen LogP contribution in [0.25, 0.3) is 0 Å². The van der Waals surface area contributed by atoms with Crippen LogP contribution in [0.3, 0.4) is 0 Å². The molecule has 0 aliphatic carbocycles. The van der Waals surface area contributed by atoms with Crippen LogP contribution in [0.15, 0.2) is 18.2 Å². The first-order chi connectivity index (χ1) is 9.18. The number of esters is 1. The Morgan fingerprint density at radius 2 is 2.00 bits per heavy atom. The van der Waals surface area contributed by atoms with Crippen molar-refractivity contribution >= 4 is 17.6 Å². The van der Waals surface area contributed by atoms with Crippen LogP contribution in [0.1, 0.15) is 24.2 Å². The van der Waals surface area contributed by atoms with Crippen molar-refractivity contribution in [2.75, 3.05) is 6.61 Å². The molecule has 1 aromatic carbocycles. The molecule has 1 aromatic rings. The molecule has 2 N–H and O–H groups in total. The fourth-order valence-electron chi connectivity index (χ4n) is 1.47. The summed E-state index contributed by atoms with van der Waals surface area (Å²) in [6, 6.07) is 2.21. The average molecular weight is 313 g/mol. The predicted molar refractivity (Wildman–Crippen MR) is 64.1 cm³/mol. The van der Waals surface area contributed by atoms with Crippen LogP contribution < -0.4 is 0 Å². The number of alkyl halides is 3. The molecule has 8 heteroatoms. The first kappa shape index (κ1) is 16.7. The Labute approximate surface area is 117 Å². The standard InChI is InChI=1S/C12H12ClF3O4/c1-2-20-11(19)10(18)9(17)7-4-3-6(5-8(7)13)12(14,15)16/h3-5,9-10,17-18H,2H2,1H3. The van der Waals surface area contributed by atoms with Crippen LogP contribution in [-0.2, 0) is 15.7 Å². The second kappa shape index (κ2) is 6.43. The van der Waals surface area contributed by atoms with Crippen LogP contribution in [0.4, 0.5) is 13.2 Å². The van der Waals surface area contributed by atoms with Crippen molar-refractivity contribution in [2.45, 2.75) is 25.3 Å². The van der Waals surface area contributed by atoms with Crippen molar-refractivity contribution in [3.63, 3.8) is 0 Å². The van der Waals surface area contributed by atoms with Gasteiger partial charge in [0, 0.05) is 10.6 Å². The summed E-state index contributed by atoms with van der Waals surface area (Å²) in [5.41, 5.74) is -1.19. The Morgan fingerprint density at radius 3 is 2.45 bits per heavy atom. The first-order valence-electron chi connectivity index (χ1n) is 5.58. The number of benzene rings is 1. The summed E-state index contributed by atoms with van der Waals surface area (Å²) in [6.45, 7) is 1.49. The van der Waals surface area contributed by atoms with E-state index in [1.54, 1.807) is 0 Å². The normalized spacial score (nSPS) is 14.8. The maximum absolute atomic E-state index is 12.4. The van der Waals surface area contributed by atoms with Gasteiger partial charge in [0.15, 0.2) is 6.10 Å². The van der Waals surface area contributed by atoms with Gasteiger partial charge in [-0.25, -0.2) is 4.79 Å². The second-order valence-corrected chi connectivity index (χ2v) is 4.28. The zero-order valence-electron chi connectivity index (χ0n) is 10.3. The van der Waals surface area contributed by atoms with Crippen molar-refractivity contribution in [3.8, 4) is 0 Å². The van der Waals surface area contributed by atoms with E-state index in [-0.39, 0.29) is 12.2 Å². The zero-order chi connectivity index (χ0) is 15.5. The van der Waals surface area contributed by atoms with Gasteiger partial charge in [-0.1, -0.05) is 17.7 Å². The van der Waals surface area contributed by atoms with E-state index < -0.39 is 34.9 Å². The highest BCUT2D eigenvalue weighted by Crippen LogP contribution is 2.34. The van der Waals surface area contributed by atoms with E-state index in [1.807, 2.05) is 0 Å². The Balaban J connectivity index is 3.00. The third kappa shape index (κ3) is 3.84. The molecule has 20 heavy (non-hydrogen) atoms. The maximum Gasteiger partial charge on any atom is 0.416 e. The van der Waals surface area contributed by atoms with Gasteiger partial charge in [-0.3, -0.25) is 0 Å². The highest BCUT2D eigenvalue weighted by atomic mass is 35.5. The summed E-state index contributed by atoms with van der Waals surface area (Å²) in [6.07, 6.45) is -8.28. The monoisotopic (exact) mass is 312 g/mol. The van der Waals surface area contributed by atoms with Crippen LogP contribution in [0.5, 0.6) is 0 Å².